The number of aliphatic hydroxyl groups is 1. The number of amides is 4. The Kier molecular flexibility index (Phi) is 19.3. The van der Waals surface area contributed by atoms with Crippen LogP contribution in [0.15, 0.2) is 30.3 Å². The number of hydrogen-bond donors (Lipinski definition) is 5. The summed E-state index contributed by atoms with van der Waals surface area (Å²) in [5.74, 6) is -1.66. The summed E-state index contributed by atoms with van der Waals surface area (Å²) in [4.78, 5) is 66.1. The molecule has 0 spiro atoms. The Labute approximate surface area is 327 Å². The Bertz CT molecular complexity index is 1350. The lowest BCUT2D eigenvalue weighted by atomic mass is 9.84. The van der Waals surface area contributed by atoms with Gasteiger partial charge in [0.15, 0.2) is 0 Å². The van der Waals surface area contributed by atoms with E-state index in [4.69, 9.17) is 9.47 Å². The van der Waals surface area contributed by atoms with E-state index >= 15 is 0 Å². The quantitative estimate of drug-likeness (QED) is 0.109. The fourth-order valence-electron chi connectivity index (χ4n) is 6.70. The van der Waals surface area contributed by atoms with Crippen LogP contribution in [0.3, 0.4) is 0 Å². The second-order valence-electron chi connectivity index (χ2n) is 17.0. The molecule has 5 N–H and O–H groups in total. The summed E-state index contributed by atoms with van der Waals surface area (Å²) in [6, 6.07) is 7.05. The van der Waals surface area contributed by atoms with Crippen molar-refractivity contribution >= 4 is 41.5 Å². The molecule has 2 rings (SSSR count). The van der Waals surface area contributed by atoms with Gasteiger partial charge in [0.25, 0.3) is 0 Å². The first kappa shape index (κ1) is 46.8. The molecule has 0 radical (unpaired) electrons. The normalized spacial score (nSPS) is 19.6. The minimum Gasteiger partial charge on any atom is -0.460 e. The summed E-state index contributed by atoms with van der Waals surface area (Å²) in [6.45, 7) is 18.4. The van der Waals surface area contributed by atoms with Gasteiger partial charge in [-0.05, 0) is 94.1 Å². The van der Waals surface area contributed by atoms with E-state index < -0.39 is 65.8 Å². The van der Waals surface area contributed by atoms with Crippen LogP contribution in [-0.2, 0) is 35.1 Å². The minimum atomic E-state index is -1.06. The van der Waals surface area contributed by atoms with Crippen LogP contribution in [0.1, 0.15) is 107 Å². The molecule has 8 atom stereocenters. The number of cyclic esters (lactones) is 1. The van der Waals surface area contributed by atoms with Gasteiger partial charge in [-0.1, -0.05) is 78.8 Å². The molecule has 0 bridgehead atoms. The zero-order valence-corrected chi connectivity index (χ0v) is 35.2. The number of nitrogens with one attached hydrogen (secondary N) is 4. The molecule has 1 aliphatic rings. The number of hydrogen-bond acceptors (Lipinski definition) is 9. The smallest absolute Gasteiger partial charge is 0.408 e. The maximum absolute atomic E-state index is 13.8. The molecule has 1 aromatic rings. The van der Waals surface area contributed by atoms with Crippen LogP contribution in [0.2, 0.25) is 0 Å². The average Bonchev–Trinajstić information content (AvgIpc) is 3.06. The van der Waals surface area contributed by atoms with Gasteiger partial charge in [-0.3, -0.25) is 19.2 Å². The molecule has 1 saturated heterocycles. The van der Waals surface area contributed by atoms with Crippen LogP contribution >= 0.6 is 11.8 Å². The van der Waals surface area contributed by atoms with Crippen molar-refractivity contribution in [2.45, 2.75) is 150 Å². The van der Waals surface area contributed by atoms with Crippen molar-refractivity contribution in [1.82, 2.24) is 21.3 Å². The maximum atomic E-state index is 13.8. The Morgan fingerprint density at radius 2 is 1.54 bits per heavy atom. The maximum Gasteiger partial charge on any atom is 0.408 e. The summed E-state index contributed by atoms with van der Waals surface area (Å²) in [7, 11) is 0. The van der Waals surface area contributed by atoms with Crippen LogP contribution < -0.4 is 21.3 Å². The van der Waals surface area contributed by atoms with Gasteiger partial charge in [-0.2, -0.15) is 11.8 Å². The lowest BCUT2D eigenvalue weighted by Gasteiger charge is -2.37. The summed E-state index contributed by atoms with van der Waals surface area (Å²) >= 11 is 1.53. The molecule has 13 heteroatoms. The van der Waals surface area contributed by atoms with Crippen molar-refractivity contribution in [1.29, 1.82) is 0 Å². The number of ether oxygens (including phenoxy) is 2. The molecular formula is C41H68N4O8S. The Balaban J connectivity index is 2.13. The number of esters is 1. The summed E-state index contributed by atoms with van der Waals surface area (Å²) in [5, 5.41) is 23.1. The van der Waals surface area contributed by atoms with E-state index in [-0.39, 0.29) is 42.0 Å². The second kappa shape index (κ2) is 22.3. The van der Waals surface area contributed by atoms with Gasteiger partial charge in [0.05, 0.1) is 18.2 Å². The van der Waals surface area contributed by atoms with Crippen molar-refractivity contribution in [3.63, 3.8) is 0 Å². The number of alkyl carbamates (subject to hydrolysis) is 1. The molecule has 0 unspecified atom stereocenters. The molecule has 12 nitrogen and oxygen atoms in total. The van der Waals surface area contributed by atoms with E-state index in [1.165, 1.54) is 11.8 Å². The molecule has 54 heavy (non-hydrogen) atoms. The molecule has 1 heterocycles. The van der Waals surface area contributed by atoms with E-state index in [9.17, 15) is 29.1 Å². The lowest BCUT2D eigenvalue weighted by Crippen LogP contribution is -2.58. The first-order chi connectivity index (χ1) is 25.2. The third-order valence-electron chi connectivity index (χ3n) is 9.52. The molecule has 0 saturated carbocycles. The van der Waals surface area contributed by atoms with Crippen LogP contribution in [0.4, 0.5) is 4.79 Å². The summed E-state index contributed by atoms with van der Waals surface area (Å²) in [5.41, 5.74) is 0.402. The molecule has 1 aliphatic heterocycles. The Hall–Kier alpha value is -3.32. The summed E-state index contributed by atoms with van der Waals surface area (Å²) in [6.07, 6.45) is 2.19. The molecule has 1 aromatic carbocycles. The number of aliphatic hydroxyl groups excluding tert-OH is 1. The molecule has 4 amide bonds. The zero-order chi connectivity index (χ0) is 40.7. The van der Waals surface area contributed by atoms with Gasteiger partial charge in [0, 0.05) is 12.3 Å². The SMILES string of the molecule is CSCC[C@H](NC(=O)[C@@H](NC(=O)OC(C)(C)C)C(C)C)C(=O)N[C@@H](CC(C)C)[C@@H](O)C[C@@H](C)C(=O)N[C@@H](C(C)C)[C@@H]1C[C@H](Cc2ccccc2)CC(=O)O1. The highest BCUT2D eigenvalue weighted by molar-refractivity contribution is 7.98. The Morgan fingerprint density at radius 1 is 0.889 bits per heavy atom. The van der Waals surface area contributed by atoms with Crippen LogP contribution in [0, 0.1) is 29.6 Å². The van der Waals surface area contributed by atoms with Gasteiger partial charge in [-0.15, -0.1) is 0 Å². The van der Waals surface area contributed by atoms with Gasteiger partial charge in [0.2, 0.25) is 17.7 Å². The predicted octanol–water partition coefficient (Wildman–Crippen LogP) is 5.40. The third-order valence-corrected chi connectivity index (χ3v) is 10.2. The van der Waals surface area contributed by atoms with E-state index in [0.29, 0.717) is 31.4 Å². The van der Waals surface area contributed by atoms with E-state index in [0.717, 1.165) is 12.0 Å². The average molecular weight is 777 g/mol. The molecule has 0 aliphatic carbocycles. The standard InChI is InChI=1S/C41H68N4O8S/c1-24(2)19-31(43-38(49)30(17-18-54-11)42-39(50)36(26(5)6)45-40(51)53-41(8,9)10)32(46)20-27(7)37(48)44-35(25(3)4)33-22-29(23-34(47)52-33)21-28-15-13-12-14-16-28/h12-16,24-27,29-33,35-36,46H,17-23H2,1-11H3,(H,42,50)(H,43,49)(H,44,48)(H,45,51)/t27-,29+,30+,31+,32+,33+,35+,36+/m1/s1. The Morgan fingerprint density at radius 3 is 2.09 bits per heavy atom. The number of rotatable bonds is 20. The van der Waals surface area contributed by atoms with Crippen molar-refractivity contribution in [3.05, 3.63) is 35.9 Å². The first-order valence-corrected chi connectivity index (χ1v) is 20.9. The van der Waals surface area contributed by atoms with Crippen molar-refractivity contribution < 1.29 is 38.6 Å². The predicted molar refractivity (Wildman–Crippen MR) is 214 cm³/mol. The molecule has 0 aromatic heterocycles. The van der Waals surface area contributed by atoms with E-state index in [1.54, 1.807) is 41.5 Å². The highest BCUT2D eigenvalue weighted by atomic mass is 32.2. The van der Waals surface area contributed by atoms with Gasteiger partial charge >= 0.3 is 12.1 Å². The van der Waals surface area contributed by atoms with Gasteiger partial charge in [0.1, 0.15) is 23.8 Å². The molecule has 1 fully saturated rings. The molecule has 306 valence electrons. The highest BCUT2D eigenvalue weighted by Gasteiger charge is 2.38. The van der Waals surface area contributed by atoms with Crippen LogP contribution in [0.5, 0.6) is 0 Å². The van der Waals surface area contributed by atoms with Gasteiger partial charge < -0.3 is 35.8 Å². The summed E-state index contributed by atoms with van der Waals surface area (Å²) < 4.78 is 11.2. The van der Waals surface area contributed by atoms with E-state index in [1.807, 2.05) is 64.3 Å². The van der Waals surface area contributed by atoms with E-state index in [2.05, 4.69) is 21.3 Å². The van der Waals surface area contributed by atoms with Crippen molar-refractivity contribution in [2.24, 2.45) is 29.6 Å². The largest absolute Gasteiger partial charge is 0.460 e. The number of carbonyl (C=O) groups is 5. The first-order valence-electron chi connectivity index (χ1n) is 19.5. The fraction of sp³-hybridized carbons (Fsp3) is 0.732. The van der Waals surface area contributed by atoms with Crippen LogP contribution in [0.25, 0.3) is 0 Å². The topological polar surface area (TPSA) is 172 Å². The number of benzene rings is 1. The zero-order valence-electron chi connectivity index (χ0n) is 34.4. The van der Waals surface area contributed by atoms with Gasteiger partial charge in [-0.25, -0.2) is 4.79 Å². The highest BCUT2D eigenvalue weighted by Crippen LogP contribution is 2.29. The number of thioether (sulfide) groups is 1. The van der Waals surface area contributed by atoms with Crippen LogP contribution in [-0.4, -0.2) is 88.9 Å². The number of carbonyl (C=O) groups excluding carboxylic acids is 5. The third kappa shape index (κ3) is 16.6. The minimum absolute atomic E-state index is 0.0182. The van der Waals surface area contributed by atoms with Crippen molar-refractivity contribution in [2.75, 3.05) is 12.0 Å². The molecular weight excluding hydrogens is 709 g/mol. The van der Waals surface area contributed by atoms with Crippen molar-refractivity contribution in [3.8, 4) is 0 Å². The fourth-order valence-corrected chi connectivity index (χ4v) is 7.17. The monoisotopic (exact) mass is 776 g/mol. The lowest BCUT2D eigenvalue weighted by molar-refractivity contribution is -0.160. The second-order valence-corrected chi connectivity index (χ2v) is 17.9.